The summed E-state index contributed by atoms with van der Waals surface area (Å²) in [5, 5.41) is 0. The van der Waals surface area contributed by atoms with Gasteiger partial charge in [-0.15, -0.1) is 34.5 Å². The zero-order valence-electron chi connectivity index (χ0n) is 30.9. The molecule has 0 fully saturated rings. The van der Waals surface area contributed by atoms with Crippen LogP contribution in [0.2, 0.25) is 0 Å². The van der Waals surface area contributed by atoms with E-state index in [1.165, 1.54) is 0 Å². The van der Waals surface area contributed by atoms with Crippen LogP contribution in [0.4, 0.5) is 87.8 Å². The molecule has 0 amide bonds. The zero-order chi connectivity index (χ0) is 48.7. The van der Waals surface area contributed by atoms with Crippen LogP contribution < -0.4 is 26.4 Å². The van der Waals surface area contributed by atoms with Gasteiger partial charge in [0, 0.05) is 17.7 Å². The molecule has 0 atom stereocenters. The van der Waals surface area contributed by atoms with Gasteiger partial charge in [-0.25, -0.2) is 92.6 Å². The summed E-state index contributed by atoms with van der Waals surface area (Å²) in [6.45, 7) is 0.0852. The Morgan fingerprint density at radius 1 is 0.415 bits per heavy atom. The summed E-state index contributed by atoms with van der Waals surface area (Å²) in [7, 11) is 0. The fourth-order valence-electron chi connectivity index (χ4n) is 6.68. The molecular weight excluding hydrogens is 953 g/mol. The second-order valence-electron chi connectivity index (χ2n) is 12.9. The van der Waals surface area contributed by atoms with Crippen LogP contribution in [0.25, 0.3) is 0 Å². The number of carbonyl (C=O) groups excluding carboxylic acids is 2. The van der Waals surface area contributed by atoms with Crippen molar-refractivity contribution in [3.8, 4) is 0 Å². The molecule has 1 aromatic heterocycles. The summed E-state index contributed by atoms with van der Waals surface area (Å²) in [4.78, 5) is 23.9. The summed E-state index contributed by atoms with van der Waals surface area (Å²) >= 11 is 3.85. The van der Waals surface area contributed by atoms with Crippen LogP contribution in [-0.2, 0) is 11.3 Å². The molecule has 0 aliphatic carbocycles. The molecule has 0 saturated heterocycles. The minimum atomic E-state index is -7.22. The number of esters is 1. The number of ketones is 1. The van der Waals surface area contributed by atoms with Gasteiger partial charge in [0.2, 0.25) is 12.3 Å². The maximum absolute atomic E-state index is 15.4. The van der Waals surface area contributed by atoms with Gasteiger partial charge < -0.3 is 4.74 Å². The van der Waals surface area contributed by atoms with Crippen LogP contribution in [0.15, 0.2) is 54.7 Å². The van der Waals surface area contributed by atoms with Crippen LogP contribution in [0.3, 0.4) is 0 Å². The number of Topliss-reactive ketones (excluding diaryl/α,β-unsaturated/α-hetero) is 1. The predicted octanol–water partition coefficient (Wildman–Crippen LogP) is 7.75. The molecule has 4 nitrogen and oxygen atoms in total. The van der Waals surface area contributed by atoms with Gasteiger partial charge in [0.15, 0.2) is 76.0 Å². The number of hydrogen-bond acceptors (Lipinski definition) is 4. The fraction of sp³-hybridized carbons (Fsp3) is 0.0513. The number of halogens is 20. The van der Waals surface area contributed by atoms with E-state index < -0.39 is 150 Å². The lowest BCUT2D eigenvalue weighted by Gasteiger charge is -2.44. The van der Waals surface area contributed by atoms with Crippen molar-refractivity contribution in [2.24, 2.45) is 0 Å². The molecule has 6 rings (SSSR count). The van der Waals surface area contributed by atoms with E-state index in [0.29, 0.717) is 11.3 Å². The highest BCUT2D eigenvalue weighted by Gasteiger charge is 2.52. The lowest BCUT2D eigenvalue weighted by atomic mass is 9.12. The number of aromatic nitrogens is 1. The summed E-state index contributed by atoms with van der Waals surface area (Å²) in [5.74, 6) is -72.0. The van der Waals surface area contributed by atoms with Crippen LogP contribution >= 0.6 is 12.6 Å². The van der Waals surface area contributed by atoms with Gasteiger partial charge in [-0.3, -0.25) is 4.79 Å². The molecule has 342 valence electrons. The number of pyridine rings is 1. The molecular formula is C39H14BF20NO3S. The average Bonchev–Trinajstić information content (AvgIpc) is 3.29. The fourth-order valence-corrected chi connectivity index (χ4v) is 6.79. The van der Waals surface area contributed by atoms with E-state index in [1.54, 1.807) is 53.2 Å². The predicted molar refractivity (Wildman–Crippen MR) is 186 cm³/mol. The number of ether oxygens (including phenoxy) is 1. The van der Waals surface area contributed by atoms with Crippen molar-refractivity contribution in [1.82, 2.24) is 0 Å². The van der Waals surface area contributed by atoms with Gasteiger partial charge in [-0.05, 0) is 6.07 Å². The maximum Gasteiger partial charge on any atom is 0.404 e. The molecule has 0 spiro atoms. The Morgan fingerprint density at radius 3 is 0.985 bits per heavy atom. The Kier molecular flexibility index (Phi) is 14.3. The van der Waals surface area contributed by atoms with Crippen LogP contribution in [-0.4, -0.2) is 23.8 Å². The topological polar surface area (TPSA) is 47.2 Å². The summed E-state index contributed by atoms with van der Waals surface area (Å²) < 4.78 is 300. The number of hydrogen-bond donors (Lipinski definition) is 1. The maximum atomic E-state index is 15.4. The number of rotatable bonds is 9. The standard InChI is InChI=1S/C24BF20.C15H13NO3S/c26-5-1(6(27)14(35)21(42)13(5)34)25(2-7(28)15(36)22(43)16(37)8(2)29,3-9(30)17(38)23(44)18(39)10(3)31)4-11(32)19(40)24(45)20(41)12(4)33;17-14(12-6-2-1-3-7-12)10-16-9-5-4-8-13(16)15(18)19-11-20/h;1-9H,10-11H2/q-1;/p+1. The van der Waals surface area contributed by atoms with E-state index in [2.05, 4.69) is 12.6 Å². The number of nitrogens with zero attached hydrogens (tertiary/aromatic N) is 1. The van der Waals surface area contributed by atoms with Crippen molar-refractivity contribution in [2.75, 3.05) is 5.94 Å². The summed E-state index contributed by atoms with van der Waals surface area (Å²) in [6.07, 6.45) is -5.54. The molecule has 5 aromatic carbocycles. The SMILES string of the molecule is Fc1c(F)c(F)c([B-](c2c(F)c(F)c(F)c(F)c2F)(c2c(F)c(F)c(F)c(F)c2F)c2c(F)c(F)c(F)c(F)c2F)c(F)c1F.O=C(C[n+]1ccccc1C(=O)OCS)c1ccccc1. The third-order valence-electron chi connectivity index (χ3n) is 9.46. The molecule has 0 aliphatic heterocycles. The molecule has 1 heterocycles. The molecule has 6 aromatic rings. The quantitative estimate of drug-likeness (QED) is 0.0186. The Bertz CT molecular complexity index is 2540. The van der Waals surface area contributed by atoms with E-state index >= 15 is 35.1 Å². The van der Waals surface area contributed by atoms with E-state index in [4.69, 9.17) is 4.74 Å². The second-order valence-corrected chi connectivity index (χ2v) is 13.1. The number of carbonyl (C=O) groups is 2. The zero-order valence-corrected chi connectivity index (χ0v) is 31.8. The Labute approximate surface area is 353 Å². The van der Waals surface area contributed by atoms with Crippen molar-refractivity contribution in [3.63, 3.8) is 0 Å². The Morgan fingerprint density at radius 2 is 0.692 bits per heavy atom. The number of thiol groups is 1. The van der Waals surface area contributed by atoms with Crippen molar-refractivity contribution in [2.45, 2.75) is 6.54 Å². The Balaban J connectivity index is 0.000000330. The highest BCUT2D eigenvalue weighted by molar-refractivity contribution is 7.80. The van der Waals surface area contributed by atoms with Crippen molar-refractivity contribution >= 4 is 52.4 Å². The molecule has 0 N–H and O–H groups in total. The first kappa shape index (κ1) is 49.4. The van der Waals surface area contributed by atoms with E-state index in [-0.39, 0.29) is 18.3 Å². The first-order chi connectivity index (χ1) is 30.4. The molecule has 0 bridgehead atoms. The molecule has 26 heteroatoms. The minimum Gasteiger partial charge on any atom is -0.447 e. The van der Waals surface area contributed by atoms with Gasteiger partial charge in [-0.2, -0.15) is 4.57 Å². The number of benzene rings is 5. The van der Waals surface area contributed by atoms with E-state index in [1.807, 2.05) is 6.07 Å². The van der Waals surface area contributed by atoms with Crippen molar-refractivity contribution in [3.05, 3.63) is 182 Å². The first-order valence-corrected chi connectivity index (χ1v) is 17.6. The van der Waals surface area contributed by atoms with Crippen molar-refractivity contribution < 1.29 is 107 Å². The average molecular weight is 967 g/mol. The van der Waals surface area contributed by atoms with Crippen molar-refractivity contribution in [1.29, 1.82) is 0 Å². The molecule has 0 saturated carbocycles. The highest BCUT2D eigenvalue weighted by atomic mass is 32.1. The first-order valence-electron chi connectivity index (χ1n) is 17.0. The molecule has 65 heavy (non-hydrogen) atoms. The highest BCUT2D eigenvalue weighted by Crippen LogP contribution is 2.30. The van der Waals surface area contributed by atoms with E-state index in [9.17, 15) is 62.3 Å². The monoisotopic (exact) mass is 967 g/mol. The second kappa shape index (κ2) is 18.9. The van der Waals surface area contributed by atoms with Gasteiger partial charge in [-0.1, -0.05) is 30.3 Å². The minimum absolute atomic E-state index is 0.000356. The molecule has 0 radical (unpaired) electrons. The molecule has 0 aliphatic rings. The Hall–Kier alpha value is -6.60. The van der Waals surface area contributed by atoms with Gasteiger partial charge >= 0.3 is 5.97 Å². The normalized spacial score (nSPS) is 11.4. The van der Waals surface area contributed by atoms with Gasteiger partial charge in [0.1, 0.15) is 58.6 Å². The lowest BCUT2D eigenvalue weighted by molar-refractivity contribution is -0.685. The van der Waals surface area contributed by atoms with Crippen LogP contribution in [0.1, 0.15) is 20.8 Å². The summed E-state index contributed by atoms with van der Waals surface area (Å²) in [6, 6.07) is 14.0. The third kappa shape index (κ3) is 8.11. The van der Waals surface area contributed by atoms with Gasteiger partial charge in [0.05, 0.1) is 0 Å². The largest absolute Gasteiger partial charge is 0.447 e. The summed E-state index contributed by atoms with van der Waals surface area (Å²) in [5.41, 5.74) is -13.4. The van der Waals surface area contributed by atoms with Crippen LogP contribution in [0.5, 0.6) is 0 Å². The lowest BCUT2D eigenvalue weighted by Crippen LogP contribution is -2.81. The van der Waals surface area contributed by atoms with E-state index in [0.717, 1.165) is 0 Å². The van der Waals surface area contributed by atoms with Gasteiger partial charge in [0.25, 0.3) is 5.69 Å². The van der Waals surface area contributed by atoms with Crippen LogP contribution in [0, 0.1) is 116 Å². The smallest absolute Gasteiger partial charge is 0.404 e. The molecule has 0 unspecified atom stereocenters. The third-order valence-corrected chi connectivity index (χ3v) is 9.59.